The van der Waals surface area contributed by atoms with Crippen molar-refractivity contribution in [3.05, 3.63) is 11.6 Å². The lowest BCUT2D eigenvalue weighted by Crippen LogP contribution is -2.30. The molecule has 0 aromatic rings. The molecule has 0 amide bonds. The fourth-order valence-electron chi connectivity index (χ4n) is 4.69. The number of hydrogen-bond acceptors (Lipinski definition) is 0. The minimum absolute atomic E-state index is 0.968. The second-order valence-electron chi connectivity index (χ2n) is 7.14. The molecule has 0 aromatic carbocycles. The van der Waals surface area contributed by atoms with Crippen LogP contribution in [0.15, 0.2) is 11.6 Å². The molecule has 0 aromatic heterocycles. The molecule has 5 unspecified atom stereocenters. The van der Waals surface area contributed by atoms with Gasteiger partial charge in [-0.25, -0.2) is 0 Å². The van der Waals surface area contributed by atoms with Gasteiger partial charge in [0.2, 0.25) is 0 Å². The highest BCUT2D eigenvalue weighted by Gasteiger charge is 2.67. The quantitative estimate of drug-likeness (QED) is 0.607. The predicted molar refractivity (Wildman–Crippen MR) is 73.7 cm³/mol. The number of rotatable bonds is 3. The van der Waals surface area contributed by atoms with Crippen molar-refractivity contribution in [1.29, 1.82) is 0 Å². The van der Waals surface area contributed by atoms with Crippen LogP contribution in [0.1, 0.15) is 53.4 Å². The molecule has 17 heavy (non-hydrogen) atoms. The van der Waals surface area contributed by atoms with Gasteiger partial charge in [-0.05, 0) is 61.2 Å². The van der Waals surface area contributed by atoms with Crippen molar-refractivity contribution < 1.29 is 0 Å². The molecule has 3 fully saturated rings. The summed E-state index contributed by atoms with van der Waals surface area (Å²) in [5.74, 6) is 7.17. The Morgan fingerprint density at radius 3 is 2.18 bits per heavy atom. The zero-order valence-corrected chi connectivity index (χ0v) is 11.9. The zero-order valence-electron chi connectivity index (χ0n) is 11.9. The first-order chi connectivity index (χ1) is 8.15. The topological polar surface area (TPSA) is 0 Å². The summed E-state index contributed by atoms with van der Waals surface area (Å²) in [5, 5.41) is 0. The third kappa shape index (κ3) is 1.88. The van der Waals surface area contributed by atoms with Gasteiger partial charge in [0, 0.05) is 0 Å². The summed E-state index contributed by atoms with van der Waals surface area (Å²) in [7, 11) is 0. The van der Waals surface area contributed by atoms with E-state index in [1.54, 1.807) is 5.57 Å². The maximum absolute atomic E-state index is 2.51. The Balaban J connectivity index is 1.48. The molecule has 3 saturated carbocycles. The maximum Gasteiger partial charge on any atom is -0.00973 e. The monoisotopic (exact) mass is 232 g/mol. The Hall–Kier alpha value is -0.260. The van der Waals surface area contributed by atoms with Crippen molar-refractivity contribution in [3.8, 4) is 0 Å². The third-order valence-electron chi connectivity index (χ3n) is 6.38. The lowest BCUT2D eigenvalue weighted by Gasteiger charge is -2.39. The van der Waals surface area contributed by atoms with Crippen LogP contribution in [0.4, 0.5) is 0 Å². The molecule has 3 aliphatic rings. The van der Waals surface area contributed by atoms with Gasteiger partial charge in [-0.2, -0.15) is 0 Å². The third-order valence-corrected chi connectivity index (χ3v) is 6.38. The minimum atomic E-state index is 0.968. The Labute approximate surface area is 107 Å². The van der Waals surface area contributed by atoms with Crippen LogP contribution in [0, 0.1) is 41.4 Å². The van der Waals surface area contributed by atoms with Gasteiger partial charge in [0.05, 0.1) is 0 Å². The average molecular weight is 232 g/mol. The minimum Gasteiger partial charge on any atom is -0.0878 e. The van der Waals surface area contributed by atoms with Crippen LogP contribution in [0.2, 0.25) is 0 Å². The first-order valence-electron chi connectivity index (χ1n) is 7.81. The summed E-state index contributed by atoms with van der Waals surface area (Å²) in [6.45, 7) is 9.69. The molecule has 0 heteroatoms. The van der Waals surface area contributed by atoms with Crippen molar-refractivity contribution in [1.82, 2.24) is 0 Å². The summed E-state index contributed by atoms with van der Waals surface area (Å²) in [5.41, 5.74) is 1.79. The fraction of sp³-hybridized carbons (Fsp3) is 0.882. The van der Waals surface area contributed by atoms with E-state index in [1.807, 2.05) is 0 Å². The molecule has 0 bridgehead atoms. The molecule has 3 rings (SSSR count). The van der Waals surface area contributed by atoms with Crippen LogP contribution in [-0.4, -0.2) is 0 Å². The summed E-state index contributed by atoms with van der Waals surface area (Å²) >= 11 is 0. The summed E-state index contributed by atoms with van der Waals surface area (Å²) < 4.78 is 0. The Morgan fingerprint density at radius 2 is 1.53 bits per heavy atom. The Morgan fingerprint density at radius 1 is 0.941 bits per heavy atom. The SMILES string of the molecule is CC=C1C2C(CCC3C(C)CCC(C)[C@@H]3C)C12. The fourth-order valence-corrected chi connectivity index (χ4v) is 4.69. The maximum atomic E-state index is 2.51. The molecular formula is C17H28. The normalized spacial score (nSPS) is 52.0. The van der Waals surface area contributed by atoms with E-state index in [-0.39, 0.29) is 0 Å². The van der Waals surface area contributed by atoms with Gasteiger partial charge in [-0.1, -0.05) is 45.3 Å². The second-order valence-corrected chi connectivity index (χ2v) is 7.14. The molecule has 0 radical (unpaired) electrons. The van der Waals surface area contributed by atoms with E-state index in [2.05, 4.69) is 33.8 Å². The standard InChI is InChI=1S/C17H28/c1-5-13-16-15(17(13)16)9-8-14-11(3)7-6-10(2)12(14)4/h5,10-12,14-17H,6-9H2,1-4H3/t10?,11?,12-,14?,15?,16?,17?/m0/s1. The van der Waals surface area contributed by atoms with Gasteiger partial charge in [-0.15, -0.1) is 0 Å². The van der Waals surface area contributed by atoms with E-state index in [0.29, 0.717) is 0 Å². The van der Waals surface area contributed by atoms with E-state index in [4.69, 9.17) is 0 Å². The van der Waals surface area contributed by atoms with Crippen LogP contribution in [0.5, 0.6) is 0 Å². The molecule has 3 aliphatic carbocycles. The second kappa shape index (κ2) is 4.14. The highest BCUT2D eigenvalue weighted by atomic mass is 14.7. The van der Waals surface area contributed by atoms with Crippen LogP contribution in [0.3, 0.4) is 0 Å². The molecule has 6 atom stereocenters. The number of fused-ring (bicyclic) bond motifs is 1. The average Bonchev–Trinajstić information content (AvgIpc) is 3.18. The van der Waals surface area contributed by atoms with E-state index >= 15 is 0 Å². The largest absolute Gasteiger partial charge is 0.0878 e. The highest BCUT2D eigenvalue weighted by Crippen LogP contribution is 2.74. The van der Waals surface area contributed by atoms with Crippen molar-refractivity contribution in [2.75, 3.05) is 0 Å². The first kappa shape index (κ1) is 11.8. The molecule has 96 valence electrons. The van der Waals surface area contributed by atoms with Crippen LogP contribution in [-0.2, 0) is 0 Å². The first-order valence-corrected chi connectivity index (χ1v) is 7.81. The summed E-state index contributed by atoms with van der Waals surface area (Å²) in [6, 6.07) is 0. The van der Waals surface area contributed by atoms with E-state index in [9.17, 15) is 0 Å². The van der Waals surface area contributed by atoms with Crippen LogP contribution in [0.25, 0.3) is 0 Å². The molecule has 0 heterocycles. The molecule has 0 aliphatic heterocycles. The van der Waals surface area contributed by atoms with Crippen LogP contribution >= 0.6 is 0 Å². The summed E-state index contributed by atoms with van der Waals surface area (Å²) in [6.07, 6.45) is 8.35. The molecule has 0 spiro atoms. The van der Waals surface area contributed by atoms with Crippen molar-refractivity contribution >= 4 is 0 Å². The van der Waals surface area contributed by atoms with Gasteiger partial charge in [0.15, 0.2) is 0 Å². The van der Waals surface area contributed by atoms with Gasteiger partial charge in [-0.3, -0.25) is 0 Å². The Kier molecular flexibility index (Phi) is 2.88. The van der Waals surface area contributed by atoms with E-state index in [1.165, 1.54) is 25.7 Å². The van der Waals surface area contributed by atoms with E-state index < -0.39 is 0 Å². The molecule has 0 nitrogen and oxygen atoms in total. The smallest absolute Gasteiger partial charge is 0.00973 e. The highest BCUT2D eigenvalue weighted by molar-refractivity contribution is 5.44. The zero-order chi connectivity index (χ0) is 12.2. The molecular weight excluding hydrogens is 204 g/mol. The van der Waals surface area contributed by atoms with E-state index in [0.717, 1.165) is 41.4 Å². The molecule has 0 N–H and O–H groups in total. The lowest BCUT2D eigenvalue weighted by molar-refractivity contribution is 0.110. The predicted octanol–water partition coefficient (Wildman–Crippen LogP) is 4.91. The van der Waals surface area contributed by atoms with Gasteiger partial charge >= 0.3 is 0 Å². The van der Waals surface area contributed by atoms with Crippen LogP contribution < -0.4 is 0 Å². The van der Waals surface area contributed by atoms with Crippen molar-refractivity contribution in [2.24, 2.45) is 41.4 Å². The summed E-state index contributed by atoms with van der Waals surface area (Å²) in [4.78, 5) is 0. The van der Waals surface area contributed by atoms with Crippen molar-refractivity contribution in [3.63, 3.8) is 0 Å². The van der Waals surface area contributed by atoms with Gasteiger partial charge in [0.1, 0.15) is 0 Å². The van der Waals surface area contributed by atoms with Crippen molar-refractivity contribution in [2.45, 2.75) is 53.4 Å². The molecule has 0 saturated heterocycles. The Bertz CT molecular complexity index is 315. The van der Waals surface area contributed by atoms with Gasteiger partial charge in [0.25, 0.3) is 0 Å². The van der Waals surface area contributed by atoms with Gasteiger partial charge < -0.3 is 0 Å². The number of allylic oxidation sites excluding steroid dienone is 2. The lowest BCUT2D eigenvalue weighted by atomic mass is 9.66. The number of hydrogen-bond donors (Lipinski definition) is 0.